The Bertz CT molecular complexity index is 1100. The Kier molecular flexibility index (Phi) is 9.95. The highest BCUT2D eigenvalue weighted by atomic mass is 31.2. The summed E-state index contributed by atoms with van der Waals surface area (Å²) < 4.78 is 37.5. The van der Waals surface area contributed by atoms with Crippen molar-refractivity contribution in [3.8, 4) is 0 Å². The van der Waals surface area contributed by atoms with Gasteiger partial charge < -0.3 is 29.0 Å². The van der Waals surface area contributed by atoms with Gasteiger partial charge in [-0.1, -0.05) is 0 Å². The van der Waals surface area contributed by atoms with Crippen molar-refractivity contribution < 1.29 is 32.9 Å². The molecule has 2 aromatic heterocycles. The molecule has 0 aliphatic rings. The summed E-state index contributed by atoms with van der Waals surface area (Å²) in [5.41, 5.74) is 5.42. The first-order chi connectivity index (χ1) is 16.6. The van der Waals surface area contributed by atoms with Gasteiger partial charge in [-0.3, -0.25) is 9.36 Å². The molecule has 0 aromatic carbocycles. The minimum absolute atomic E-state index is 0.257. The molecule has 2 heterocycles. The summed E-state index contributed by atoms with van der Waals surface area (Å²) in [6.45, 7) is 13.3. The minimum Gasteiger partial charge on any atom is -0.462 e. The third kappa shape index (κ3) is 8.22. The molecular formula is C22H37N6O7P. The molecule has 3 atom stereocenters. The van der Waals surface area contributed by atoms with Crippen LogP contribution in [-0.2, 0) is 39.4 Å². The van der Waals surface area contributed by atoms with Crippen molar-refractivity contribution in [1.82, 2.24) is 24.6 Å². The van der Waals surface area contributed by atoms with Crippen LogP contribution in [0, 0.1) is 0 Å². The number of hydrogen-bond donors (Lipinski definition) is 2. The molecule has 0 saturated carbocycles. The highest BCUT2D eigenvalue weighted by Crippen LogP contribution is 2.46. The van der Waals surface area contributed by atoms with Gasteiger partial charge in [0.25, 0.3) is 7.52 Å². The maximum Gasteiger partial charge on any atom is 0.335 e. The van der Waals surface area contributed by atoms with Crippen LogP contribution in [0.25, 0.3) is 11.2 Å². The highest BCUT2D eigenvalue weighted by Gasteiger charge is 2.41. The SMILES string of the molecule is CC(C)OC(=O)[C@@H](C)O[P@](=O)(CO[C@H](C)Cn1cnc2c(N)ncnc21)NC(C)(C)C(=O)OC(C)C. The quantitative estimate of drug-likeness (QED) is 0.288. The van der Waals surface area contributed by atoms with Gasteiger partial charge in [-0.05, 0) is 55.4 Å². The summed E-state index contributed by atoms with van der Waals surface area (Å²) in [7, 11) is -3.94. The number of carbonyl (C=O) groups is 2. The van der Waals surface area contributed by atoms with Gasteiger partial charge in [0, 0.05) is 0 Å². The highest BCUT2D eigenvalue weighted by molar-refractivity contribution is 7.56. The van der Waals surface area contributed by atoms with E-state index in [1.165, 1.54) is 27.1 Å². The number of nitrogens with two attached hydrogens (primary N) is 1. The van der Waals surface area contributed by atoms with Crippen LogP contribution >= 0.6 is 7.52 Å². The average Bonchev–Trinajstić information content (AvgIpc) is 3.15. The van der Waals surface area contributed by atoms with Crippen molar-refractivity contribution in [2.75, 3.05) is 12.1 Å². The van der Waals surface area contributed by atoms with E-state index in [-0.39, 0.29) is 18.0 Å². The number of aromatic nitrogens is 4. The van der Waals surface area contributed by atoms with Crippen LogP contribution in [0.15, 0.2) is 12.7 Å². The van der Waals surface area contributed by atoms with Gasteiger partial charge >= 0.3 is 11.9 Å². The lowest BCUT2D eigenvalue weighted by Gasteiger charge is -2.32. The summed E-state index contributed by atoms with van der Waals surface area (Å²) in [5.74, 6) is -1.06. The third-order valence-electron chi connectivity index (χ3n) is 4.73. The number of fused-ring (bicyclic) bond motifs is 1. The second-order valence-electron chi connectivity index (χ2n) is 9.53. The van der Waals surface area contributed by atoms with Gasteiger partial charge in [-0.25, -0.2) is 24.8 Å². The second kappa shape index (κ2) is 12.1. The zero-order chi connectivity index (χ0) is 27.3. The molecular weight excluding hydrogens is 491 g/mol. The standard InChI is InChI=1S/C22H37N6O7P/c1-13(2)33-20(29)16(6)35-36(31,27-22(7,8)21(30)34-14(3)4)12-32-15(5)9-28-11-26-17-18(23)24-10-25-19(17)28/h10-11,13-16H,9,12H2,1-8H3,(H,27,31)(H2,23,24,25)/t15-,16-,36-/m1/s1. The second-order valence-corrected chi connectivity index (χ2v) is 11.6. The van der Waals surface area contributed by atoms with Crippen molar-refractivity contribution in [1.29, 1.82) is 0 Å². The van der Waals surface area contributed by atoms with Crippen molar-refractivity contribution >= 4 is 36.4 Å². The number of nitrogen functional groups attached to an aromatic ring is 1. The Labute approximate surface area is 210 Å². The number of imidazole rings is 1. The van der Waals surface area contributed by atoms with E-state index in [0.717, 1.165) is 0 Å². The number of rotatable bonds is 13. The van der Waals surface area contributed by atoms with Gasteiger partial charge in [-0.15, -0.1) is 0 Å². The van der Waals surface area contributed by atoms with Crippen molar-refractivity contribution in [2.24, 2.45) is 0 Å². The molecule has 0 aliphatic heterocycles. The Morgan fingerprint density at radius 2 is 1.72 bits per heavy atom. The molecule has 202 valence electrons. The van der Waals surface area contributed by atoms with Crippen LogP contribution in [0.2, 0.25) is 0 Å². The molecule has 2 rings (SSSR count). The minimum atomic E-state index is -3.94. The fourth-order valence-electron chi connectivity index (χ4n) is 3.14. The molecule has 2 aromatic rings. The van der Waals surface area contributed by atoms with Crippen molar-refractivity contribution in [2.45, 2.75) is 91.9 Å². The largest absolute Gasteiger partial charge is 0.462 e. The van der Waals surface area contributed by atoms with E-state index in [4.69, 9.17) is 24.5 Å². The number of esters is 2. The lowest BCUT2D eigenvalue weighted by atomic mass is 10.1. The molecule has 13 nitrogen and oxygen atoms in total. The lowest BCUT2D eigenvalue weighted by Crippen LogP contribution is -2.48. The third-order valence-corrected chi connectivity index (χ3v) is 6.77. The van der Waals surface area contributed by atoms with E-state index >= 15 is 0 Å². The molecule has 0 fully saturated rings. The Balaban J connectivity index is 2.18. The smallest absolute Gasteiger partial charge is 0.335 e. The molecule has 0 bridgehead atoms. The summed E-state index contributed by atoms with van der Waals surface area (Å²) in [5, 5.41) is 2.74. The summed E-state index contributed by atoms with van der Waals surface area (Å²) >= 11 is 0. The van der Waals surface area contributed by atoms with Crippen molar-refractivity contribution in [3.05, 3.63) is 12.7 Å². The molecule has 0 radical (unpaired) electrons. The zero-order valence-corrected chi connectivity index (χ0v) is 22.9. The topological polar surface area (TPSA) is 170 Å². The van der Waals surface area contributed by atoms with E-state index in [0.29, 0.717) is 17.7 Å². The van der Waals surface area contributed by atoms with E-state index in [9.17, 15) is 14.2 Å². The summed E-state index contributed by atoms with van der Waals surface area (Å²) in [6, 6.07) is 0. The maximum atomic E-state index is 13.9. The predicted octanol–water partition coefficient (Wildman–Crippen LogP) is 2.64. The molecule has 36 heavy (non-hydrogen) atoms. The van der Waals surface area contributed by atoms with Crippen LogP contribution in [0.3, 0.4) is 0 Å². The van der Waals surface area contributed by atoms with Crippen molar-refractivity contribution in [3.63, 3.8) is 0 Å². The Hall–Kier alpha value is -2.60. The molecule has 3 N–H and O–H groups in total. The fraction of sp³-hybridized carbons (Fsp3) is 0.682. The van der Waals surface area contributed by atoms with E-state index in [2.05, 4.69) is 20.0 Å². The summed E-state index contributed by atoms with van der Waals surface area (Å²) in [4.78, 5) is 37.2. The van der Waals surface area contributed by atoms with Gasteiger partial charge in [-0.2, -0.15) is 0 Å². The average molecular weight is 529 g/mol. The van der Waals surface area contributed by atoms with E-state index < -0.39 is 43.6 Å². The van der Waals surface area contributed by atoms with Crippen LogP contribution in [-0.4, -0.2) is 67.8 Å². The number of carbonyl (C=O) groups excluding carboxylic acids is 2. The number of hydrogen-bond acceptors (Lipinski definition) is 11. The van der Waals surface area contributed by atoms with Gasteiger partial charge in [0.05, 0.1) is 31.2 Å². The van der Waals surface area contributed by atoms with E-state index in [1.54, 1.807) is 45.5 Å². The van der Waals surface area contributed by atoms with E-state index in [1.807, 2.05) is 0 Å². The Morgan fingerprint density at radius 3 is 2.33 bits per heavy atom. The normalized spacial score (nSPS) is 15.6. The molecule has 0 amide bonds. The molecule has 14 heteroatoms. The predicted molar refractivity (Wildman–Crippen MR) is 133 cm³/mol. The maximum absolute atomic E-state index is 13.9. The first-order valence-corrected chi connectivity index (χ1v) is 13.5. The van der Waals surface area contributed by atoms with Crippen LogP contribution in [0.1, 0.15) is 55.4 Å². The van der Waals surface area contributed by atoms with Crippen LogP contribution < -0.4 is 10.8 Å². The number of nitrogens with one attached hydrogen (secondary N) is 1. The fourth-order valence-corrected chi connectivity index (χ4v) is 5.30. The molecule has 0 unspecified atom stereocenters. The molecule has 0 spiro atoms. The van der Waals surface area contributed by atoms with Gasteiger partial charge in [0.2, 0.25) is 0 Å². The first-order valence-electron chi connectivity index (χ1n) is 11.6. The van der Waals surface area contributed by atoms with Gasteiger partial charge in [0.15, 0.2) is 17.6 Å². The van der Waals surface area contributed by atoms with Crippen LogP contribution in [0.5, 0.6) is 0 Å². The monoisotopic (exact) mass is 528 g/mol. The van der Waals surface area contributed by atoms with Crippen LogP contribution in [0.4, 0.5) is 5.82 Å². The number of ether oxygens (including phenoxy) is 3. The first kappa shape index (κ1) is 29.6. The molecule has 0 aliphatic carbocycles. The summed E-state index contributed by atoms with van der Waals surface area (Å²) in [6.07, 6.45) is 0.0304. The van der Waals surface area contributed by atoms with Gasteiger partial charge in [0.1, 0.15) is 23.7 Å². The number of nitrogens with zero attached hydrogens (tertiary/aromatic N) is 4. The lowest BCUT2D eigenvalue weighted by molar-refractivity contribution is -0.155. The zero-order valence-electron chi connectivity index (χ0n) is 22.0. The molecule has 0 saturated heterocycles. The number of anilines is 1. The Morgan fingerprint density at radius 1 is 1.08 bits per heavy atom.